The van der Waals surface area contributed by atoms with Crippen LogP contribution in [0, 0.1) is 0 Å². The van der Waals surface area contributed by atoms with Crippen LogP contribution in [0.2, 0.25) is 0 Å². The summed E-state index contributed by atoms with van der Waals surface area (Å²) in [6.45, 7) is 1.18. The molecular formula is C18H20F3NO2. The molecule has 0 saturated heterocycles. The molecule has 1 N–H and O–H groups in total. The van der Waals surface area contributed by atoms with Crippen molar-refractivity contribution in [3.05, 3.63) is 59.2 Å². The number of methoxy groups -OCH3 is 2. The highest BCUT2D eigenvalue weighted by atomic mass is 19.4. The molecule has 0 spiro atoms. The summed E-state index contributed by atoms with van der Waals surface area (Å²) < 4.78 is 48.4. The van der Waals surface area contributed by atoms with Gasteiger partial charge in [-0.15, -0.1) is 0 Å². The fourth-order valence-electron chi connectivity index (χ4n) is 2.36. The zero-order valence-electron chi connectivity index (χ0n) is 13.6. The van der Waals surface area contributed by atoms with E-state index in [1.54, 1.807) is 20.3 Å². The number of nitrogens with one attached hydrogen (secondary N) is 1. The second-order valence-electron chi connectivity index (χ2n) is 5.31. The van der Waals surface area contributed by atoms with Crippen LogP contribution in [0.5, 0.6) is 11.5 Å². The standard InChI is InChI=1S/C18H20F3NO2/c1-23-16-7-6-14(11-17(16)24-2)12-22-9-8-13-4-3-5-15(10-13)18(19,20)21/h3-7,10-11,22H,8-9,12H2,1-2H3. The minimum absolute atomic E-state index is 0.525. The van der Waals surface area contributed by atoms with Gasteiger partial charge >= 0.3 is 6.18 Å². The Morgan fingerprint density at radius 2 is 1.67 bits per heavy atom. The summed E-state index contributed by atoms with van der Waals surface area (Å²) in [4.78, 5) is 0. The van der Waals surface area contributed by atoms with E-state index in [1.807, 2.05) is 18.2 Å². The number of rotatable bonds is 7. The highest BCUT2D eigenvalue weighted by Crippen LogP contribution is 2.29. The van der Waals surface area contributed by atoms with Crippen molar-refractivity contribution in [2.75, 3.05) is 20.8 Å². The van der Waals surface area contributed by atoms with E-state index in [4.69, 9.17) is 9.47 Å². The third kappa shape index (κ3) is 4.89. The zero-order chi connectivity index (χ0) is 17.6. The lowest BCUT2D eigenvalue weighted by Gasteiger charge is -2.11. The molecule has 0 amide bonds. The van der Waals surface area contributed by atoms with Gasteiger partial charge in [-0.05, 0) is 42.3 Å². The van der Waals surface area contributed by atoms with Crippen LogP contribution in [0.1, 0.15) is 16.7 Å². The highest BCUT2D eigenvalue weighted by molar-refractivity contribution is 5.42. The molecule has 0 fully saturated rings. The second kappa shape index (κ2) is 8.06. The van der Waals surface area contributed by atoms with Gasteiger partial charge in [0.25, 0.3) is 0 Å². The normalized spacial score (nSPS) is 11.4. The molecule has 2 rings (SSSR count). The Balaban J connectivity index is 1.87. The average Bonchev–Trinajstić information content (AvgIpc) is 2.58. The molecule has 0 saturated carbocycles. The molecule has 0 aliphatic carbocycles. The van der Waals surface area contributed by atoms with Gasteiger partial charge in [0.15, 0.2) is 11.5 Å². The van der Waals surface area contributed by atoms with E-state index < -0.39 is 11.7 Å². The van der Waals surface area contributed by atoms with E-state index >= 15 is 0 Å². The van der Waals surface area contributed by atoms with Crippen LogP contribution >= 0.6 is 0 Å². The Bertz CT molecular complexity index is 672. The zero-order valence-corrected chi connectivity index (χ0v) is 13.6. The van der Waals surface area contributed by atoms with Crippen LogP contribution in [0.3, 0.4) is 0 Å². The number of hydrogen-bond acceptors (Lipinski definition) is 3. The molecule has 0 aliphatic heterocycles. The molecule has 0 heterocycles. The molecule has 2 aromatic rings. The fourth-order valence-corrected chi connectivity index (χ4v) is 2.36. The monoisotopic (exact) mass is 339 g/mol. The van der Waals surface area contributed by atoms with Gasteiger partial charge in [-0.25, -0.2) is 0 Å². The topological polar surface area (TPSA) is 30.5 Å². The van der Waals surface area contributed by atoms with Crippen molar-refractivity contribution in [1.82, 2.24) is 5.32 Å². The SMILES string of the molecule is COc1ccc(CNCCc2cccc(C(F)(F)F)c2)cc1OC. The van der Waals surface area contributed by atoms with Crippen molar-refractivity contribution < 1.29 is 22.6 Å². The van der Waals surface area contributed by atoms with Crippen molar-refractivity contribution in [3.63, 3.8) is 0 Å². The van der Waals surface area contributed by atoms with Crippen LogP contribution in [0.4, 0.5) is 13.2 Å². The molecule has 6 heteroatoms. The molecular weight excluding hydrogens is 319 g/mol. The molecule has 3 nitrogen and oxygen atoms in total. The predicted molar refractivity (Wildman–Crippen MR) is 86.4 cm³/mol. The predicted octanol–water partition coefficient (Wildman–Crippen LogP) is 4.05. The smallest absolute Gasteiger partial charge is 0.416 e. The van der Waals surface area contributed by atoms with Gasteiger partial charge < -0.3 is 14.8 Å². The first-order valence-corrected chi connectivity index (χ1v) is 7.52. The average molecular weight is 339 g/mol. The lowest BCUT2D eigenvalue weighted by atomic mass is 10.1. The Kier molecular flexibility index (Phi) is 6.09. The molecule has 0 aromatic heterocycles. The van der Waals surface area contributed by atoms with Gasteiger partial charge in [-0.1, -0.05) is 24.3 Å². The number of hydrogen-bond donors (Lipinski definition) is 1. The van der Waals surface area contributed by atoms with Crippen molar-refractivity contribution in [2.45, 2.75) is 19.1 Å². The molecule has 0 atom stereocenters. The van der Waals surface area contributed by atoms with E-state index in [2.05, 4.69) is 5.32 Å². The van der Waals surface area contributed by atoms with Crippen LogP contribution in [0.25, 0.3) is 0 Å². The van der Waals surface area contributed by atoms with Gasteiger partial charge in [0.1, 0.15) is 0 Å². The van der Waals surface area contributed by atoms with E-state index in [0.717, 1.165) is 11.6 Å². The third-order valence-corrected chi connectivity index (χ3v) is 3.62. The lowest BCUT2D eigenvalue weighted by molar-refractivity contribution is -0.137. The first kappa shape index (κ1) is 18.1. The fraction of sp³-hybridized carbons (Fsp3) is 0.333. The first-order valence-electron chi connectivity index (χ1n) is 7.52. The van der Waals surface area contributed by atoms with Crippen molar-refractivity contribution in [2.24, 2.45) is 0 Å². The quantitative estimate of drug-likeness (QED) is 0.772. The van der Waals surface area contributed by atoms with Crippen LogP contribution in [0.15, 0.2) is 42.5 Å². The van der Waals surface area contributed by atoms with E-state index in [9.17, 15) is 13.2 Å². The Morgan fingerprint density at radius 3 is 2.33 bits per heavy atom. The Hall–Kier alpha value is -2.21. The first-order chi connectivity index (χ1) is 11.4. The molecule has 0 radical (unpaired) electrons. The Labute approximate surface area is 139 Å². The van der Waals surface area contributed by atoms with E-state index in [1.165, 1.54) is 12.1 Å². The minimum atomic E-state index is -4.30. The largest absolute Gasteiger partial charge is 0.493 e. The second-order valence-corrected chi connectivity index (χ2v) is 5.31. The molecule has 130 valence electrons. The summed E-state index contributed by atoms with van der Waals surface area (Å²) in [5.74, 6) is 1.31. The maximum atomic E-state index is 12.7. The number of ether oxygens (including phenoxy) is 2. The van der Waals surface area contributed by atoms with Crippen molar-refractivity contribution in [3.8, 4) is 11.5 Å². The maximum absolute atomic E-state index is 12.7. The number of halogens is 3. The molecule has 0 unspecified atom stereocenters. The summed E-state index contributed by atoms with van der Waals surface area (Å²) >= 11 is 0. The van der Waals surface area contributed by atoms with Crippen LogP contribution in [-0.4, -0.2) is 20.8 Å². The van der Waals surface area contributed by atoms with Gasteiger partial charge in [0.05, 0.1) is 19.8 Å². The summed E-state index contributed by atoms with van der Waals surface area (Å²) in [6.07, 6.45) is -3.78. The molecule has 0 aliphatic rings. The Morgan fingerprint density at radius 1 is 0.917 bits per heavy atom. The summed E-state index contributed by atoms with van der Waals surface area (Å²) in [5.41, 5.74) is 1.06. The molecule has 0 bridgehead atoms. The summed E-state index contributed by atoms with van der Waals surface area (Å²) in [7, 11) is 3.15. The van der Waals surface area contributed by atoms with Crippen LogP contribution in [-0.2, 0) is 19.1 Å². The van der Waals surface area contributed by atoms with Gasteiger partial charge in [-0.3, -0.25) is 0 Å². The molecule has 2 aromatic carbocycles. The number of alkyl halides is 3. The van der Waals surface area contributed by atoms with Crippen molar-refractivity contribution in [1.29, 1.82) is 0 Å². The van der Waals surface area contributed by atoms with E-state index in [-0.39, 0.29) is 0 Å². The van der Waals surface area contributed by atoms with Gasteiger partial charge in [0.2, 0.25) is 0 Å². The van der Waals surface area contributed by atoms with Gasteiger partial charge in [-0.2, -0.15) is 13.2 Å². The summed E-state index contributed by atoms with van der Waals surface area (Å²) in [5, 5.41) is 3.22. The lowest BCUT2D eigenvalue weighted by Crippen LogP contribution is -2.17. The van der Waals surface area contributed by atoms with Gasteiger partial charge in [0, 0.05) is 6.54 Å². The maximum Gasteiger partial charge on any atom is 0.416 e. The third-order valence-electron chi connectivity index (χ3n) is 3.62. The molecule has 24 heavy (non-hydrogen) atoms. The van der Waals surface area contributed by atoms with E-state index in [0.29, 0.717) is 36.6 Å². The van der Waals surface area contributed by atoms with Crippen molar-refractivity contribution >= 4 is 0 Å². The van der Waals surface area contributed by atoms with Crippen LogP contribution < -0.4 is 14.8 Å². The summed E-state index contributed by atoms with van der Waals surface area (Å²) in [6, 6.07) is 11.0. The number of benzene rings is 2. The highest BCUT2D eigenvalue weighted by Gasteiger charge is 2.30. The minimum Gasteiger partial charge on any atom is -0.493 e.